The molecule has 1 heterocycles. The van der Waals surface area contributed by atoms with E-state index in [1.54, 1.807) is 17.4 Å². The van der Waals surface area contributed by atoms with Gasteiger partial charge in [0.1, 0.15) is 5.82 Å². The fraction of sp³-hybridized carbons (Fsp3) is 0.375. The van der Waals surface area contributed by atoms with Crippen LogP contribution >= 0.6 is 11.3 Å². The highest BCUT2D eigenvalue weighted by atomic mass is 32.1. The first-order chi connectivity index (χ1) is 9.49. The van der Waals surface area contributed by atoms with E-state index >= 15 is 0 Å². The number of nitrogens with two attached hydrogens (primary N) is 1. The molecule has 2 aromatic rings. The second kappa shape index (κ2) is 6.37. The highest BCUT2D eigenvalue weighted by Crippen LogP contribution is 2.27. The molecule has 0 saturated heterocycles. The first-order valence-corrected chi connectivity index (χ1v) is 7.71. The Labute approximate surface area is 124 Å². The van der Waals surface area contributed by atoms with Crippen molar-refractivity contribution >= 4 is 17.0 Å². The predicted octanol–water partition coefficient (Wildman–Crippen LogP) is 4.32. The average molecular weight is 292 g/mol. The molecule has 0 saturated carbocycles. The van der Waals surface area contributed by atoms with Crippen LogP contribution in [0.2, 0.25) is 0 Å². The van der Waals surface area contributed by atoms with Crippen LogP contribution in [0.25, 0.3) is 0 Å². The molecule has 1 aromatic heterocycles. The molecule has 20 heavy (non-hydrogen) atoms. The van der Waals surface area contributed by atoms with E-state index in [0.29, 0.717) is 5.69 Å². The van der Waals surface area contributed by atoms with Crippen molar-refractivity contribution in [1.82, 2.24) is 0 Å². The minimum atomic E-state index is -0.204. The fourth-order valence-corrected chi connectivity index (χ4v) is 2.86. The maximum absolute atomic E-state index is 14.4. The first kappa shape index (κ1) is 15.0. The van der Waals surface area contributed by atoms with Gasteiger partial charge in [0.2, 0.25) is 0 Å². The standard InChI is InChI=1S/C16H21FN2S/c1-11(2)19(10-14-5-4-8-20-14)16-7-6-13(12(3)18)9-15(16)17/h4-9,11-12H,10,18H2,1-3H3/t12-/m0/s1. The van der Waals surface area contributed by atoms with Crippen LogP contribution in [-0.4, -0.2) is 6.04 Å². The molecule has 0 aliphatic carbocycles. The largest absolute Gasteiger partial charge is 0.362 e. The van der Waals surface area contributed by atoms with E-state index < -0.39 is 0 Å². The summed E-state index contributed by atoms with van der Waals surface area (Å²) in [5, 5.41) is 2.05. The molecule has 1 atom stereocenters. The van der Waals surface area contributed by atoms with Crippen LogP contribution in [0.15, 0.2) is 35.7 Å². The molecule has 2 rings (SSSR count). The van der Waals surface area contributed by atoms with Crippen LogP contribution in [0.1, 0.15) is 37.3 Å². The van der Waals surface area contributed by atoms with Crippen molar-refractivity contribution in [2.45, 2.75) is 39.4 Å². The average Bonchev–Trinajstić information content (AvgIpc) is 2.89. The second-order valence-corrected chi connectivity index (χ2v) is 6.33. The molecule has 0 aliphatic rings. The van der Waals surface area contributed by atoms with Crippen molar-refractivity contribution in [2.75, 3.05) is 4.90 Å². The van der Waals surface area contributed by atoms with Crippen LogP contribution in [0.3, 0.4) is 0 Å². The zero-order valence-corrected chi connectivity index (χ0v) is 13.0. The van der Waals surface area contributed by atoms with Gasteiger partial charge in [0.05, 0.1) is 12.2 Å². The fourth-order valence-electron chi connectivity index (χ4n) is 2.16. The molecule has 2 nitrogen and oxygen atoms in total. The van der Waals surface area contributed by atoms with E-state index in [2.05, 4.69) is 24.8 Å². The summed E-state index contributed by atoms with van der Waals surface area (Å²) in [6, 6.07) is 9.47. The lowest BCUT2D eigenvalue weighted by Crippen LogP contribution is -2.30. The van der Waals surface area contributed by atoms with E-state index in [9.17, 15) is 4.39 Å². The maximum atomic E-state index is 14.4. The van der Waals surface area contributed by atoms with Gasteiger partial charge in [0.15, 0.2) is 0 Å². The highest BCUT2D eigenvalue weighted by Gasteiger charge is 2.16. The summed E-state index contributed by atoms with van der Waals surface area (Å²) in [5.74, 6) is -0.204. The van der Waals surface area contributed by atoms with Gasteiger partial charge in [0, 0.05) is 17.0 Å². The number of hydrogen-bond donors (Lipinski definition) is 1. The van der Waals surface area contributed by atoms with Crippen LogP contribution < -0.4 is 10.6 Å². The summed E-state index contributed by atoms with van der Waals surface area (Å²) in [5.41, 5.74) is 7.26. The molecule has 1 aromatic carbocycles. The summed E-state index contributed by atoms with van der Waals surface area (Å²) in [6.07, 6.45) is 0. The first-order valence-electron chi connectivity index (χ1n) is 6.83. The van der Waals surface area contributed by atoms with Crippen LogP contribution in [0, 0.1) is 5.82 Å². The van der Waals surface area contributed by atoms with Gasteiger partial charge in [-0.15, -0.1) is 11.3 Å². The van der Waals surface area contributed by atoms with Gasteiger partial charge in [-0.05, 0) is 49.9 Å². The Bertz CT molecular complexity index is 550. The van der Waals surface area contributed by atoms with Gasteiger partial charge in [-0.1, -0.05) is 12.1 Å². The van der Waals surface area contributed by atoms with Crippen LogP contribution in [0.5, 0.6) is 0 Å². The number of nitrogens with zero attached hydrogens (tertiary/aromatic N) is 1. The summed E-state index contributed by atoms with van der Waals surface area (Å²) in [4.78, 5) is 3.31. The molecule has 108 valence electrons. The molecule has 0 amide bonds. The highest BCUT2D eigenvalue weighted by molar-refractivity contribution is 7.09. The summed E-state index contributed by atoms with van der Waals surface area (Å²) in [6.45, 7) is 6.74. The SMILES string of the molecule is CC(C)N(Cc1cccs1)c1ccc([C@H](C)N)cc1F. The van der Waals surface area contributed by atoms with E-state index in [4.69, 9.17) is 5.73 Å². The number of halogens is 1. The maximum Gasteiger partial charge on any atom is 0.146 e. The molecule has 0 fully saturated rings. The Balaban J connectivity index is 2.30. The summed E-state index contributed by atoms with van der Waals surface area (Å²) in [7, 11) is 0. The minimum absolute atomic E-state index is 0.150. The van der Waals surface area contributed by atoms with Gasteiger partial charge in [-0.25, -0.2) is 4.39 Å². The minimum Gasteiger partial charge on any atom is -0.362 e. The zero-order chi connectivity index (χ0) is 14.7. The molecule has 0 unspecified atom stereocenters. The number of anilines is 1. The van der Waals surface area contributed by atoms with Crippen molar-refractivity contribution in [3.8, 4) is 0 Å². The van der Waals surface area contributed by atoms with Crippen LogP contribution in [-0.2, 0) is 6.54 Å². The third-order valence-electron chi connectivity index (χ3n) is 3.34. The predicted molar refractivity (Wildman–Crippen MR) is 84.6 cm³/mol. The summed E-state index contributed by atoms with van der Waals surface area (Å²) >= 11 is 1.69. The Morgan fingerprint density at radius 1 is 1.25 bits per heavy atom. The van der Waals surface area contributed by atoms with Gasteiger partial charge < -0.3 is 10.6 Å². The van der Waals surface area contributed by atoms with Gasteiger partial charge in [-0.3, -0.25) is 0 Å². The Kier molecular flexibility index (Phi) is 4.78. The molecule has 0 spiro atoms. The van der Waals surface area contributed by atoms with E-state index in [1.165, 1.54) is 4.88 Å². The third-order valence-corrected chi connectivity index (χ3v) is 4.20. The van der Waals surface area contributed by atoms with Gasteiger partial charge >= 0.3 is 0 Å². The van der Waals surface area contributed by atoms with Gasteiger partial charge in [0.25, 0.3) is 0 Å². The number of thiophene rings is 1. The third kappa shape index (κ3) is 3.38. The molecular formula is C16H21FN2S. The quantitative estimate of drug-likeness (QED) is 0.889. The molecule has 2 N–H and O–H groups in total. The number of benzene rings is 1. The summed E-state index contributed by atoms with van der Waals surface area (Å²) < 4.78 is 14.4. The lowest BCUT2D eigenvalue weighted by atomic mass is 10.1. The molecular weight excluding hydrogens is 271 g/mol. The van der Waals surface area contributed by atoms with Crippen molar-refractivity contribution in [3.63, 3.8) is 0 Å². The van der Waals surface area contributed by atoms with Crippen molar-refractivity contribution < 1.29 is 4.39 Å². The second-order valence-electron chi connectivity index (χ2n) is 5.30. The number of hydrogen-bond acceptors (Lipinski definition) is 3. The molecule has 4 heteroatoms. The number of rotatable bonds is 5. The monoisotopic (exact) mass is 292 g/mol. The van der Waals surface area contributed by atoms with Crippen molar-refractivity contribution in [2.24, 2.45) is 5.73 Å². The van der Waals surface area contributed by atoms with E-state index in [0.717, 1.165) is 12.1 Å². The van der Waals surface area contributed by atoms with E-state index in [1.807, 2.05) is 30.5 Å². The van der Waals surface area contributed by atoms with Crippen molar-refractivity contribution in [1.29, 1.82) is 0 Å². The van der Waals surface area contributed by atoms with Crippen molar-refractivity contribution in [3.05, 3.63) is 52.0 Å². The smallest absolute Gasteiger partial charge is 0.146 e. The van der Waals surface area contributed by atoms with Gasteiger partial charge in [-0.2, -0.15) is 0 Å². The Hall–Kier alpha value is -1.39. The molecule has 0 radical (unpaired) electrons. The van der Waals surface area contributed by atoms with E-state index in [-0.39, 0.29) is 17.9 Å². The molecule has 0 aliphatic heterocycles. The zero-order valence-electron chi connectivity index (χ0n) is 12.1. The Morgan fingerprint density at radius 2 is 2.00 bits per heavy atom. The normalized spacial score (nSPS) is 12.7. The lowest BCUT2D eigenvalue weighted by molar-refractivity contribution is 0.596. The van der Waals surface area contributed by atoms with Crippen LogP contribution in [0.4, 0.5) is 10.1 Å². The topological polar surface area (TPSA) is 29.3 Å². The Morgan fingerprint density at radius 3 is 2.50 bits per heavy atom. The molecule has 0 bridgehead atoms. The lowest BCUT2D eigenvalue weighted by Gasteiger charge is -2.29.